The van der Waals surface area contributed by atoms with E-state index in [1.165, 1.54) is 0 Å². The zero-order valence-electron chi connectivity index (χ0n) is 10.3. The third-order valence-electron chi connectivity index (χ3n) is 2.68. The SMILES string of the molecule is O=C(c1ccccc1)c1ccccc1NCC(O)O. The molecule has 0 fully saturated rings. The second kappa shape index (κ2) is 6.13. The number of hydrogen-bond acceptors (Lipinski definition) is 4. The van der Waals surface area contributed by atoms with E-state index < -0.39 is 6.29 Å². The van der Waals surface area contributed by atoms with E-state index >= 15 is 0 Å². The number of anilines is 1. The van der Waals surface area contributed by atoms with Crippen LogP contribution in [-0.2, 0) is 0 Å². The molecule has 0 amide bonds. The van der Waals surface area contributed by atoms with Crippen molar-refractivity contribution in [1.82, 2.24) is 0 Å². The molecule has 0 unspecified atom stereocenters. The Balaban J connectivity index is 2.27. The van der Waals surface area contributed by atoms with Crippen LogP contribution in [0.3, 0.4) is 0 Å². The van der Waals surface area contributed by atoms with E-state index in [9.17, 15) is 4.79 Å². The molecule has 2 aromatic carbocycles. The van der Waals surface area contributed by atoms with Gasteiger partial charge in [-0.15, -0.1) is 0 Å². The van der Waals surface area contributed by atoms with Crippen LogP contribution >= 0.6 is 0 Å². The summed E-state index contributed by atoms with van der Waals surface area (Å²) in [6.07, 6.45) is -1.46. The van der Waals surface area contributed by atoms with Crippen molar-refractivity contribution >= 4 is 11.5 Å². The first kappa shape index (κ1) is 13.3. The summed E-state index contributed by atoms with van der Waals surface area (Å²) in [4.78, 5) is 12.3. The second-order valence-corrected chi connectivity index (χ2v) is 4.10. The molecule has 0 bridgehead atoms. The first-order valence-corrected chi connectivity index (χ1v) is 5.97. The fourth-order valence-corrected chi connectivity index (χ4v) is 1.78. The number of para-hydroxylation sites is 1. The predicted octanol–water partition coefficient (Wildman–Crippen LogP) is 1.64. The molecular formula is C15H15NO3. The number of ketones is 1. The molecule has 0 aliphatic heterocycles. The minimum Gasteiger partial charge on any atom is -0.379 e. The molecule has 98 valence electrons. The molecule has 0 heterocycles. The molecule has 0 saturated carbocycles. The molecule has 4 heteroatoms. The van der Waals surface area contributed by atoms with Gasteiger partial charge in [0.1, 0.15) is 0 Å². The van der Waals surface area contributed by atoms with Crippen molar-refractivity contribution in [2.45, 2.75) is 6.29 Å². The van der Waals surface area contributed by atoms with E-state index in [1.54, 1.807) is 48.5 Å². The molecule has 2 rings (SSSR count). The van der Waals surface area contributed by atoms with Gasteiger partial charge in [-0.3, -0.25) is 4.79 Å². The summed E-state index contributed by atoms with van der Waals surface area (Å²) in [6, 6.07) is 16.0. The van der Waals surface area contributed by atoms with Crippen LogP contribution in [0.25, 0.3) is 0 Å². The Morgan fingerprint density at radius 2 is 1.63 bits per heavy atom. The van der Waals surface area contributed by atoms with Crippen LogP contribution < -0.4 is 5.32 Å². The van der Waals surface area contributed by atoms with Crippen molar-refractivity contribution in [2.75, 3.05) is 11.9 Å². The quantitative estimate of drug-likeness (QED) is 0.562. The summed E-state index contributed by atoms with van der Waals surface area (Å²) in [7, 11) is 0. The van der Waals surface area contributed by atoms with Gasteiger partial charge in [-0.2, -0.15) is 0 Å². The van der Waals surface area contributed by atoms with Gasteiger partial charge in [0.15, 0.2) is 12.1 Å². The van der Waals surface area contributed by atoms with E-state index in [1.807, 2.05) is 6.07 Å². The molecule has 3 N–H and O–H groups in total. The normalized spacial score (nSPS) is 10.5. The van der Waals surface area contributed by atoms with Crippen molar-refractivity contribution < 1.29 is 15.0 Å². The molecule has 0 aliphatic rings. The van der Waals surface area contributed by atoms with Crippen LogP contribution in [0.2, 0.25) is 0 Å². The number of nitrogens with one attached hydrogen (secondary N) is 1. The van der Waals surface area contributed by atoms with Crippen molar-refractivity contribution in [1.29, 1.82) is 0 Å². The largest absolute Gasteiger partial charge is 0.379 e. The van der Waals surface area contributed by atoms with Gasteiger partial charge in [0.2, 0.25) is 0 Å². The monoisotopic (exact) mass is 257 g/mol. The Labute approximate surface area is 111 Å². The number of hydrogen-bond donors (Lipinski definition) is 3. The van der Waals surface area contributed by atoms with Crippen LogP contribution in [0.5, 0.6) is 0 Å². The molecule has 4 nitrogen and oxygen atoms in total. The topological polar surface area (TPSA) is 69.6 Å². The maximum Gasteiger partial charge on any atom is 0.195 e. The lowest BCUT2D eigenvalue weighted by Crippen LogP contribution is -2.19. The van der Waals surface area contributed by atoms with Crippen LogP contribution in [0, 0.1) is 0 Å². The van der Waals surface area contributed by atoms with Gasteiger partial charge in [0.25, 0.3) is 0 Å². The van der Waals surface area contributed by atoms with Crippen LogP contribution in [-0.4, -0.2) is 28.8 Å². The third-order valence-corrected chi connectivity index (χ3v) is 2.68. The highest BCUT2D eigenvalue weighted by molar-refractivity contribution is 6.12. The number of carbonyl (C=O) groups is 1. The van der Waals surface area contributed by atoms with Crippen molar-refractivity contribution in [3.8, 4) is 0 Å². The Hall–Kier alpha value is -2.17. The van der Waals surface area contributed by atoms with Gasteiger partial charge in [-0.05, 0) is 12.1 Å². The van der Waals surface area contributed by atoms with Crippen molar-refractivity contribution in [2.24, 2.45) is 0 Å². The fraction of sp³-hybridized carbons (Fsp3) is 0.133. The van der Waals surface area contributed by atoms with Gasteiger partial charge >= 0.3 is 0 Å². The lowest BCUT2D eigenvalue weighted by atomic mass is 10.0. The first-order valence-electron chi connectivity index (χ1n) is 5.97. The van der Waals surface area contributed by atoms with E-state index in [-0.39, 0.29) is 12.3 Å². The lowest BCUT2D eigenvalue weighted by Gasteiger charge is -2.12. The highest BCUT2D eigenvalue weighted by atomic mass is 16.5. The zero-order valence-corrected chi connectivity index (χ0v) is 10.3. The maximum absolute atomic E-state index is 12.3. The van der Waals surface area contributed by atoms with Crippen LogP contribution in [0.1, 0.15) is 15.9 Å². The number of aliphatic hydroxyl groups is 2. The number of carbonyl (C=O) groups excluding carboxylic acids is 1. The van der Waals surface area contributed by atoms with Gasteiger partial charge in [-0.1, -0.05) is 42.5 Å². The summed E-state index contributed by atoms with van der Waals surface area (Å²) in [6.45, 7) is -0.0287. The lowest BCUT2D eigenvalue weighted by molar-refractivity contribution is -0.0275. The van der Waals surface area contributed by atoms with Gasteiger partial charge in [0.05, 0.1) is 6.54 Å². The average Bonchev–Trinajstić information content (AvgIpc) is 2.45. The number of rotatable bonds is 5. The summed E-state index contributed by atoms with van der Waals surface area (Å²) >= 11 is 0. The number of benzene rings is 2. The van der Waals surface area contributed by atoms with E-state index in [0.29, 0.717) is 16.8 Å². The standard InChI is InChI=1S/C15H15NO3/c17-14(18)10-16-13-9-5-4-8-12(13)15(19)11-6-2-1-3-7-11/h1-9,14,16-18H,10H2. The molecule has 0 atom stereocenters. The molecular weight excluding hydrogens is 242 g/mol. The Bertz CT molecular complexity index is 552. The molecule has 0 aromatic heterocycles. The van der Waals surface area contributed by atoms with Gasteiger partial charge < -0.3 is 15.5 Å². The summed E-state index contributed by atoms with van der Waals surface area (Å²) in [5.74, 6) is -0.101. The summed E-state index contributed by atoms with van der Waals surface area (Å²) in [5, 5.41) is 20.6. The Morgan fingerprint density at radius 1 is 1.00 bits per heavy atom. The third kappa shape index (κ3) is 3.40. The minimum absolute atomic E-state index is 0.0287. The molecule has 0 radical (unpaired) electrons. The van der Waals surface area contributed by atoms with E-state index in [0.717, 1.165) is 0 Å². The zero-order chi connectivity index (χ0) is 13.7. The highest BCUT2D eigenvalue weighted by Crippen LogP contribution is 2.19. The van der Waals surface area contributed by atoms with E-state index in [2.05, 4.69) is 5.32 Å². The highest BCUT2D eigenvalue weighted by Gasteiger charge is 2.13. The molecule has 19 heavy (non-hydrogen) atoms. The van der Waals surface area contributed by atoms with Gasteiger partial charge in [-0.25, -0.2) is 0 Å². The van der Waals surface area contributed by atoms with Crippen molar-refractivity contribution in [3.05, 3.63) is 65.7 Å². The summed E-state index contributed by atoms with van der Waals surface area (Å²) < 4.78 is 0. The Morgan fingerprint density at radius 3 is 2.32 bits per heavy atom. The first-order chi connectivity index (χ1) is 9.18. The minimum atomic E-state index is -1.46. The smallest absolute Gasteiger partial charge is 0.195 e. The fourth-order valence-electron chi connectivity index (χ4n) is 1.78. The molecule has 0 spiro atoms. The molecule has 2 aromatic rings. The van der Waals surface area contributed by atoms with E-state index in [4.69, 9.17) is 10.2 Å². The maximum atomic E-state index is 12.3. The Kier molecular flexibility index (Phi) is 4.28. The number of aliphatic hydroxyl groups excluding tert-OH is 1. The summed E-state index contributed by atoms with van der Waals surface area (Å²) in [5.41, 5.74) is 1.69. The van der Waals surface area contributed by atoms with Gasteiger partial charge in [0, 0.05) is 16.8 Å². The van der Waals surface area contributed by atoms with Crippen LogP contribution in [0.15, 0.2) is 54.6 Å². The van der Waals surface area contributed by atoms with Crippen molar-refractivity contribution in [3.63, 3.8) is 0 Å². The predicted molar refractivity (Wildman–Crippen MR) is 73.0 cm³/mol. The average molecular weight is 257 g/mol. The van der Waals surface area contributed by atoms with Crippen LogP contribution in [0.4, 0.5) is 5.69 Å². The second-order valence-electron chi connectivity index (χ2n) is 4.10. The molecule has 0 saturated heterocycles. The molecule has 0 aliphatic carbocycles.